The van der Waals surface area contributed by atoms with Crippen molar-refractivity contribution in [2.45, 2.75) is 62.9 Å². The lowest BCUT2D eigenvalue weighted by atomic mass is 9.97. The number of hydrogen-bond donors (Lipinski definition) is 3. The van der Waals surface area contributed by atoms with Crippen LogP contribution in [-0.2, 0) is 35.2 Å². The summed E-state index contributed by atoms with van der Waals surface area (Å²) < 4.78 is 16.7. The standard InChI is InChI=1S/C35H45N3O8/c1-4-13-27(21-31(40)38-20-12-19-28(38)22-39)33(41)36-30(24-44-3)32(26-17-10-7-11-18-26)46-34(42)29(14-5-2)37-35(43)45-23-25-15-8-6-9-16-25/h4-11,15-18,27-30,32,39H,1-2,12-14,19-24H2,3H3,(H,36,41)(H,37,43). The predicted octanol–water partition coefficient (Wildman–Crippen LogP) is 3.84. The van der Waals surface area contributed by atoms with Gasteiger partial charge in [-0.2, -0.15) is 0 Å². The molecule has 3 amide bonds. The second-order valence-corrected chi connectivity index (χ2v) is 11.1. The fraction of sp³-hybridized carbons (Fsp3) is 0.429. The van der Waals surface area contributed by atoms with Crippen LogP contribution in [0.25, 0.3) is 0 Å². The summed E-state index contributed by atoms with van der Waals surface area (Å²) in [5.41, 5.74) is 1.37. The van der Waals surface area contributed by atoms with Gasteiger partial charge in [-0.25, -0.2) is 9.59 Å². The summed E-state index contributed by atoms with van der Waals surface area (Å²) in [6, 6.07) is 15.8. The topological polar surface area (TPSA) is 144 Å². The fourth-order valence-electron chi connectivity index (χ4n) is 5.37. The van der Waals surface area contributed by atoms with E-state index in [0.717, 1.165) is 12.0 Å². The van der Waals surface area contributed by atoms with Crippen LogP contribution in [0.2, 0.25) is 0 Å². The van der Waals surface area contributed by atoms with Crippen LogP contribution >= 0.6 is 0 Å². The van der Waals surface area contributed by atoms with Crippen LogP contribution in [0.3, 0.4) is 0 Å². The van der Waals surface area contributed by atoms with Crippen molar-refractivity contribution < 1.29 is 38.5 Å². The molecule has 2 aromatic rings. The van der Waals surface area contributed by atoms with Gasteiger partial charge < -0.3 is 34.9 Å². The fourth-order valence-corrected chi connectivity index (χ4v) is 5.37. The van der Waals surface area contributed by atoms with Crippen molar-refractivity contribution in [3.63, 3.8) is 0 Å². The van der Waals surface area contributed by atoms with Gasteiger partial charge in [-0.15, -0.1) is 13.2 Å². The molecule has 3 N–H and O–H groups in total. The number of ether oxygens (including phenoxy) is 3. The summed E-state index contributed by atoms with van der Waals surface area (Å²) in [4.78, 5) is 54.5. The van der Waals surface area contributed by atoms with Crippen LogP contribution < -0.4 is 10.6 Å². The zero-order valence-corrected chi connectivity index (χ0v) is 26.3. The Labute approximate surface area is 270 Å². The molecule has 1 aliphatic heterocycles. The van der Waals surface area contributed by atoms with Gasteiger partial charge >= 0.3 is 12.1 Å². The molecule has 0 saturated carbocycles. The molecule has 46 heavy (non-hydrogen) atoms. The Morgan fingerprint density at radius 3 is 2.30 bits per heavy atom. The summed E-state index contributed by atoms with van der Waals surface area (Å²) in [5.74, 6) is -2.16. The number of aliphatic hydroxyl groups excluding tert-OH is 1. The summed E-state index contributed by atoms with van der Waals surface area (Å²) in [7, 11) is 1.46. The molecule has 3 rings (SSSR count). The molecule has 0 aromatic heterocycles. The zero-order valence-electron chi connectivity index (χ0n) is 26.3. The van der Waals surface area contributed by atoms with Gasteiger partial charge in [0.1, 0.15) is 18.8 Å². The third-order valence-corrected chi connectivity index (χ3v) is 7.75. The Bertz CT molecular complexity index is 1290. The highest BCUT2D eigenvalue weighted by Crippen LogP contribution is 2.25. The lowest BCUT2D eigenvalue weighted by molar-refractivity contribution is -0.155. The molecule has 11 nitrogen and oxygen atoms in total. The minimum absolute atomic E-state index is 0.0178. The first-order valence-corrected chi connectivity index (χ1v) is 15.4. The van der Waals surface area contributed by atoms with Gasteiger partial charge in [0.2, 0.25) is 11.8 Å². The number of hydrogen-bond acceptors (Lipinski definition) is 8. The van der Waals surface area contributed by atoms with Gasteiger partial charge in [0, 0.05) is 20.1 Å². The number of likely N-dealkylation sites (tertiary alicyclic amines) is 1. The Balaban J connectivity index is 1.76. The van der Waals surface area contributed by atoms with Crippen LogP contribution in [0.4, 0.5) is 4.79 Å². The van der Waals surface area contributed by atoms with Crippen molar-refractivity contribution in [3.05, 3.63) is 97.1 Å². The Kier molecular flexibility index (Phi) is 15.0. The maximum Gasteiger partial charge on any atom is 0.408 e. The largest absolute Gasteiger partial charge is 0.454 e. The maximum atomic E-state index is 13.7. The van der Waals surface area contributed by atoms with E-state index >= 15 is 0 Å². The Morgan fingerprint density at radius 1 is 1.00 bits per heavy atom. The maximum absolute atomic E-state index is 13.7. The number of aliphatic hydroxyl groups is 1. The summed E-state index contributed by atoms with van der Waals surface area (Å²) in [5, 5.41) is 15.2. The van der Waals surface area contributed by atoms with Gasteiger partial charge in [-0.1, -0.05) is 72.8 Å². The molecule has 1 fully saturated rings. The number of nitrogens with one attached hydrogen (secondary N) is 2. The molecule has 11 heteroatoms. The Hall–Kier alpha value is -4.48. The summed E-state index contributed by atoms with van der Waals surface area (Å²) in [6.45, 7) is 7.85. The van der Waals surface area contributed by atoms with Gasteiger partial charge in [0.15, 0.2) is 0 Å². The molecule has 0 radical (unpaired) electrons. The monoisotopic (exact) mass is 635 g/mol. The van der Waals surface area contributed by atoms with E-state index in [1.807, 2.05) is 30.3 Å². The van der Waals surface area contributed by atoms with E-state index in [1.165, 1.54) is 13.2 Å². The lowest BCUT2D eigenvalue weighted by Gasteiger charge is -2.31. The van der Waals surface area contributed by atoms with Crippen LogP contribution in [-0.4, -0.2) is 78.9 Å². The highest BCUT2D eigenvalue weighted by atomic mass is 16.6. The number of carbonyl (C=O) groups is 4. The van der Waals surface area contributed by atoms with E-state index in [0.29, 0.717) is 18.5 Å². The highest BCUT2D eigenvalue weighted by molar-refractivity contribution is 5.86. The van der Waals surface area contributed by atoms with Crippen LogP contribution in [0.1, 0.15) is 49.3 Å². The molecular formula is C35H45N3O8. The Morgan fingerprint density at radius 2 is 1.67 bits per heavy atom. The molecular weight excluding hydrogens is 590 g/mol. The number of benzene rings is 2. The number of allylic oxidation sites excluding steroid dienone is 1. The third kappa shape index (κ3) is 10.8. The summed E-state index contributed by atoms with van der Waals surface area (Å²) in [6.07, 6.45) is 2.99. The van der Waals surface area contributed by atoms with Gasteiger partial charge in [0.25, 0.3) is 0 Å². The van der Waals surface area contributed by atoms with Crippen molar-refractivity contribution in [2.24, 2.45) is 5.92 Å². The third-order valence-electron chi connectivity index (χ3n) is 7.75. The minimum atomic E-state index is -1.11. The minimum Gasteiger partial charge on any atom is -0.454 e. The van der Waals surface area contributed by atoms with Crippen LogP contribution in [0, 0.1) is 5.92 Å². The smallest absolute Gasteiger partial charge is 0.408 e. The number of esters is 1. The number of nitrogens with zero attached hydrogens (tertiary/aromatic N) is 1. The number of rotatable bonds is 18. The predicted molar refractivity (Wildman–Crippen MR) is 172 cm³/mol. The lowest BCUT2D eigenvalue weighted by Crippen LogP contribution is -2.49. The first-order valence-electron chi connectivity index (χ1n) is 15.4. The summed E-state index contributed by atoms with van der Waals surface area (Å²) >= 11 is 0. The SMILES string of the molecule is C=CCC(CC(=O)N1CCCC1CO)C(=O)NC(COC)C(OC(=O)C(CC=C)NC(=O)OCc1ccccc1)c1ccccc1. The molecule has 5 unspecified atom stereocenters. The first-order chi connectivity index (χ1) is 22.3. The van der Waals surface area contributed by atoms with E-state index in [2.05, 4.69) is 23.8 Å². The van der Waals surface area contributed by atoms with E-state index < -0.39 is 42.1 Å². The zero-order chi connectivity index (χ0) is 33.3. The number of methoxy groups -OCH3 is 1. The molecule has 0 aliphatic carbocycles. The molecule has 1 aliphatic rings. The highest BCUT2D eigenvalue weighted by Gasteiger charge is 2.35. The molecule has 0 spiro atoms. The van der Waals surface area contributed by atoms with Gasteiger partial charge in [0.05, 0.1) is 31.2 Å². The van der Waals surface area contributed by atoms with Crippen molar-refractivity contribution >= 4 is 23.9 Å². The van der Waals surface area contributed by atoms with Crippen LogP contribution in [0.5, 0.6) is 0 Å². The molecule has 248 valence electrons. The second kappa shape index (κ2) is 19.1. The molecule has 1 saturated heterocycles. The first kappa shape index (κ1) is 36.0. The molecule has 2 aromatic carbocycles. The quantitative estimate of drug-likeness (QED) is 0.166. The van der Waals surface area contributed by atoms with E-state index in [-0.39, 0.29) is 51.0 Å². The normalized spacial score (nSPS) is 16.7. The van der Waals surface area contributed by atoms with E-state index in [1.54, 1.807) is 41.3 Å². The number of amides is 3. The van der Waals surface area contributed by atoms with Crippen LogP contribution in [0.15, 0.2) is 86.0 Å². The van der Waals surface area contributed by atoms with Crippen molar-refractivity contribution in [1.29, 1.82) is 0 Å². The second-order valence-electron chi connectivity index (χ2n) is 11.1. The van der Waals surface area contributed by atoms with Crippen molar-refractivity contribution in [3.8, 4) is 0 Å². The van der Waals surface area contributed by atoms with Gasteiger partial charge in [-0.05, 0) is 36.8 Å². The molecule has 1 heterocycles. The average Bonchev–Trinajstić information content (AvgIpc) is 3.56. The van der Waals surface area contributed by atoms with Crippen molar-refractivity contribution in [1.82, 2.24) is 15.5 Å². The molecule has 5 atom stereocenters. The van der Waals surface area contributed by atoms with Crippen molar-refractivity contribution in [2.75, 3.05) is 26.9 Å². The van der Waals surface area contributed by atoms with Gasteiger partial charge in [-0.3, -0.25) is 9.59 Å². The number of alkyl carbamates (subject to hydrolysis) is 1. The number of carbonyl (C=O) groups excluding carboxylic acids is 4. The average molecular weight is 636 g/mol. The van der Waals surface area contributed by atoms with E-state index in [4.69, 9.17) is 14.2 Å². The van der Waals surface area contributed by atoms with E-state index in [9.17, 15) is 24.3 Å². The molecule has 0 bridgehead atoms.